The van der Waals surface area contributed by atoms with Crippen molar-refractivity contribution in [3.05, 3.63) is 255 Å². The molecule has 0 aliphatic carbocycles. The fraction of sp³-hybridized carbons (Fsp3) is 0. The predicted molar refractivity (Wildman–Crippen MR) is 282 cm³/mol. The van der Waals surface area contributed by atoms with Crippen LogP contribution in [-0.2, 0) is 4.57 Å². The average molecular weight is 876 g/mol. The van der Waals surface area contributed by atoms with Gasteiger partial charge in [0.05, 0.1) is 33.1 Å². The summed E-state index contributed by atoms with van der Waals surface area (Å²) >= 11 is 0. The van der Waals surface area contributed by atoms with Gasteiger partial charge in [-0.2, -0.15) is 0 Å². The minimum Gasteiger partial charge on any atom is -0.309 e. The molecular formula is C62H42N3OP. The minimum absolute atomic E-state index is 0.796. The van der Waals surface area contributed by atoms with E-state index in [2.05, 4.69) is 208 Å². The summed E-state index contributed by atoms with van der Waals surface area (Å²) in [5, 5.41) is 7.20. The highest BCUT2D eigenvalue weighted by atomic mass is 31.2. The third-order valence-electron chi connectivity index (χ3n) is 13.5. The van der Waals surface area contributed by atoms with Crippen LogP contribution in [0.25, 0.3) is 94.0 Å². The molecule has 0 saturated carbocycles. The van der Waals surface area contributed by atoms with Crippen LogP contribution in [0, 0.1) is 0 Å². The van der Waals surface area contributed by atoms with E-state index in [1.807, 2.05) is 60.7 Å². The number of hydrogen-bond acceptors (Lipinski definition) is 1. The van der Waals surface area contributed by atoms with Gasteiger partial charge in [0.2, 0.25) is 0 Å². The van der Waals surface area contributed by atoms with E-state index >= 15 is 4.57 Å². The Bertz CT molecular complexity index is 3920. The molecule has 0 spiro atoms. The van der Waals surface area contributed by atoms with E-state index in [-0.39, 0.29) is 0 Å². The number of benzene rings is 10. The summed E-state index contributed by atoms with van der Waals surface area (Å²) in [5.74, 6) is 0. The van der Waals surface area contributed by atoms with Gasteiger partial charge in [0.25, 0.3) is 0 Å². The van der Waals surface area contributed by atoms with Crippen molar-refractivity contribution < 1.29 is 4.57 Å². The van der Waals surface area contributed by atoms with Gasteiger partial charge < -0.3 is 18.3 Å². The maximum Gasteiger partial charge on any atom is 0.171 e. The normalized spacial score (nSPS) is 11.9. The van der Waals surface area contributed by atoms with Crippen LogP contribution in [0.3, 0.4) is 0 Å². The van der Waals surface area contributed by atoms with Crippen LogP contribution in [0.15, 0.2) is 255 Å². The molecule has 0 fully saturated rings. The van der Waals surface area contributed by atoms with Crippen molar-refractivity contribution in [1.29, 1.82) is 0 Å². The van der Waals surface area contributed by atoms with Crippen molar-refractivity contribution in [2.75, 3.05) is 0 Å². The van der Waals surface area contributed by atoms with E-state index in [4.69, 9.17) is 0 Å². The van der Waals surface area contributed by atoms with Gasteiger partial charge in [-0.25, -0.2) is 0 Å². The van der Waals surface area contributed by atoms with E-state index in [0.717, 1.165) is 82.5 Å². The molecule has 0 aliphatic heterocycles. The molecule has 0 radical (unpaired) electrons. The molecule has 13 rings (SSSR count). The van der Waals surface area contributed by atoms with Gasteiger partial charge in [-0.1, -0.05) is 182 Å². The molecular weight excluding hydrogens is 834 g/mol. The molecule has 0 bridgehead atoms. The highest BCUT2D eigenvalue weighted by Gasteiger charge is 2.30. The zero-order valence-electron chi connectivity index (χ0n) is 36.4. The Morgan fingerprint density at radius 1 is 0.254 bits per heavy atom. The fourth-order valence-electron chi connectivity index (χ4n) is 10.4. The van der Waals surface area contributed by atoms with Crippen LogP contribution in [0.4, 0.5) is 0 Å². The summed E-state index contributed by atoms with van der Waals surface area (Å²) in [6.07, 6.45) is 0. The lowest BCUT2D eigenvalue weighted by molar-refractivity contribution is 0.592. The number of nitrogens with zero attached hydrogens (tertiary/aromatic N) is 3. The molecule has 0 aliphatic rings. The van der Waals surface area contributed by atoms with Crippen LogP contribution in [0.2, 0.25) is 0 Å². The first-order valence-corrected chi connectivity index (χ1v) is 24.5. The first-order chi connectivity index (χ1) is 33.1. The monoisotopic (exact) mass is 875 g/mol. The number of rotatable bonds is 8. The van der Waals surface area contributed by atoms with Gasteiger partial charge in [-0.3, -0.25) is 0 Å². The van der Waals surface area contributed by atoms with Crippen molar-refractivity contribution in [2.45, 2.75) is 0 Å². The lowest BCUT2D eigenvalue weighted by Crippen LogP contribution is -2.24. The van der Waals surface area contributed by atoms with Gasteiger partial charge in [0.1, 0.15) is 0 Å². The highest BCUT2D eigenvalue weighted by Crippen LogP contribution is 2.45. The Morgan fingerprint density at radius 2 is 0.597 bits per heavy atom. The van der Waals surface area contributed by atoms with Gasteiger partial charge in [-0.15, -0.1) is 0 Å². The Balaban J connectivity index is 1.07. The van der Waals surface area contributed by atoms with Crippen LogP contribution in [0.1, 0.15) is 0 Å². The summed E-state index contributed by atoms with van der Waals surface area (Å²) in [6.45, 7) is 0. The molecule has 0 saturated heterocycles. The second-order valence-corrected chi connectivity index (χ2v) is 20.0. The van der Waals surface area contributed by atoms with Crippen molar-refractivity contribution in [3.63, 3.8) is 0 Å². The lowest BCUT2D eigenvalue weighted by atomic mass is 10.0. The topological polar surface area (TPSA) is 31.9 Å². The molecule has 10 aromatic carbocycles. The van der Waals surface area contributed by atoms with Crippen LogP contribution in [0.5, 0.6) is 0 Å². The summed E-state index contributed by atoms with van der Waals surface area (Å²) in [7, 11) is -3.19. The smallest absolute Gasteiger partial charge is 0.171 e. The third kappa shape index (κ3) is 6.18. The Kier molecular flexibility index (Phi) is 9.09. The van der Waals surface area contributed by atoms with E-state index in [9.17, 15) is 0 Å². The molecule has 13 aromatic rings. The fourth-order valence-corrected chi connectivity index (χ4v) is 13.1. The maximum atomic E-state index is 15.5. The zero-order chi connectivity index (χ0) is 44.5. The molecule has 3 aromatic heterocycles. The molecule has 3 heterocycles. The average Bonchev–Trinajstić information content (AvgIpc) is 4.04. The van der Waals surface area contributed by atoms with E-state index in [0.29, 0.717) is 0 Å². The quantitative estimate of drug-likeness (QED) is 0.140. The van der Waals surface area contributed by atoms with Gasteiger partial charge in [0, 0.05) is 54.5 Å². The van der Waals surface area contributed by atoms with Gasteiger partial charge in [-0.05, 0) is 95.1 Å². The van der Waals surface area contributed by atoms with Crippen LogP contribution in [-0.4, -0.2) is 13.7 Å². The largest absolute Gasteiger partial charge is 0.309 e. The molecule has 4 nitrogen and oxygen atoms in total. The highest BCUT2D eigenvalue weighted by molar-refractivity contribution is 7.85. The maximum absolute atomic E-state index is 15.5. The van der Waals surface area contributed by atoms with Crippen molar-refractivity contribution in [3.8, 4) is 39.3 Å². The molecule has 0 unspecified atom stereocenters. The molecule has 67 heavy (non-hydrogen) atoms. The number of fused-ring (bicyclic) bond motifs is 8. The van der Waals surface area contributed by atoms with Crippen molar-refractivity contribution in [2.24, 2.45) is 0 Å². The molecule has 5 heteroatoms. The summed E-state index contributed by atoms with van der Waals surface area (Å²) in [5.41, 5.74) is 14.6. The van der Waals surface area contributed by atoms with Crippen LogP contribution >= 0.6 is 7.14 Å². The molecule has 0 amide bonds. The van der Waals surface area contributed by atoms with Gasteiger partial charge in [0.15, 0.2) is 7.14 Å². The number of aromatic nitrogens is 3. The molecule has 0 atom stereocenters. The first-order valence-electron chi connectivity index (χ1n) is 22.8. The standard InChI is InChI=1S/C62H42N3OP/c66-67(50-21-9-3-10-22-50,51-23-11-4-12-24-51)52-37-35-49(36-38-52)65-60-42-46(44-19-7-2-8-20-44)30-40-56(60)61-62(65)55-39-29-45(43-17-5-1-6-18-43)41-59(55)64(61)48-33-31-47(32-34-48)63-57-27-15-13-25-53(57)54-26-14-16-28-58(54)63/h1-42H. The lowest BCUT2D eigenvalue weighted by Gasteiger charge is -2.20. The predicted octanol–water partition coefficient (Wildman–Crippen LogP) is 14.8. The Hall–Kier alpha value is -8.43. The zero-order valence-corrected chi connectivity index (χ0v) is 37.3. The summed E-state index contributed by atoms with van der Waals surface area (Å²) in [6, 6.07) is 89.7. The summed E-state index contributed by atoms with van der Waals surface area (Å²) < 4.78 is 22.8. The third-order valence-corrected chi connectivity index (χ3v) is 16.6. The molecule has 316 valence electrons. The van der Waals surface area contributed by atoms with Crippen molar-refractivity contribution in [1.82, 2.24) is 13.7 Å². The molecule has 0 N–H and O–H groups in total. The van der Waals surface area contributed by atoms with Gasteiger partial charge >= 0.3 is 0 Å². The number of para-hydroxylation sites is 2. The van der Waals surface area contributed by atoms with Crippen molar-refractivity contribution >= 4 is 77.7 Å². The first kappa shape index (κ1) is 39.0. The summed E-state index contributed by atoms with van der Waals surface area (Å²) in [4.78, 5) is 0. The number of hydrogen-bond donors (Lipinski definition) is 0. The van der Waals surface area contributed by atoms with E-state index in [1.54, 1.807) is 0 Å². The Morgan fingerprint density at radius 3 is 1.03 bits per heavy atom. The minimum atomic E-state index is -3.19. The SMILES string of the molecule is O=P(c1ccccc1)(c1ccccc1)c1ccc(-n2c3cc(-c4ccccc4)ccc3c3c2c2ccc(-c4ccccc4)cc2n3-c2ccc(-n3c4ccccc4c4ccccc43)cc2)cc1. The second kappa shape index (κ2) is 15.6. The van der Waals surface area contributed by atoms with E-state index < -0.39 is 7.14 Å². The second-order valence-electron chi connectivity index (χ2n) is 17.2. The van der Waals surface area contributed by atoms with E-state index in [1.165, 1.54) is 27.4 Å². The Labute approximate surface area is 388 Å². The van der Waals surface area contributed by atoms with Crippen LogP contribution < -0.4 is 15.9 Å².